The second-order valence-corrected chi connectivity index (χ2v) is 7.25. The third-order valence-corrected chi connectivity index (χ3v) is 5.96. The minimum absolute atomic E-state index is 0.867. The molecular formula is C20H13N4S+. The van der Waals surface area contributed by atoms with E-state index in [2.05, 4.69) is 61.6 Å². The second kappa shape index (κ2) is 4.74. The van der Waals surface area contributed by atoms with Crippen molar-refractivity contribution in [2.24, 2.45) is 0 Å². The lowest BCUT2D eigenvalue weighted by Crippen LogP contribution is -2.31. The molecule has 1 aliphatic rings. The van der Waals surface area contributed by atoms with Crippen LogP contribution in [0.25, 0.3) is 37.6 Å². The number of para-hydroxylation sites is 1. The number of aromatic nitrogens is 4. The fourth-order valence-electron chi connectivity index (χ4n) is 3.79. The van der Waals surface area contributed by atoms with Gasteiger partial charge in [0, 0.05) is 24.2 Å². The Morgan fingerprint density at radius 2 is 1.92 bits per heavy atom. The highest BCUT2D eigenvalue weighted by Gasteiger charge is 2.37. The third kappa shape index (κ3) is 1.68. The molecule has 25 heavy (non-hydrogen) atoms. The molecule has 1 aromatic carbocycles. The van der Waals surface area contributed by atoms with Gasteiger partial charge < -0.3 is 0 Å². The van der Waals surface area contributed by atoms with Crippen molar-refractivity contribution in [1.82, 2.24) is 14.5 Å². The summed E-state index contributed by atoms with van der Waals surface area (Å²) in [6.07, 6.45) is 5.73. The van der Waals surface area contributed by atoms with Crippen LogP contribution in [-0.2, 0) is 6.54 Å². The average Bonchev–Trinajstić information content (AvgIpc) is 3.29. The third-order valence-electron chi connectivity index (χ3n) is 4.84. The molecule has 1 aliphatic heterocycles. The zero-order chi connectivity index (χ0) is 16.4. The molecule has 0 N–H and O–H groups in total. The van der Waals surface area contributed by atoms with Gasteiger partial charge in [0.05, 0.1) is 10.3 Å². The van der Waals surface area contributed by atoms with Crippen LogP contribution in [0, 0.1) is 0 Å². The van der Waals surface area contributed by atoms with Crippen molar-refractivity contribution in [1.29, 1.82) is 0 Å². The van der Waals surface area contributed by atoms with E-state index in [0.29, 0.717) is 0 Å². The van der Waals surface area contributed by atoms with Crippen LogP contribution in [0.4, 0.5) is 0 Å². The van der Waals surface area contributed by atoms with E-state index in [9.17, 15) is 0 Å². The normalized spacial score (nSPS) is 12.6. The molecule has 6 rings (SSSR count). The molecule has 4 nitrogen and oxygen atoms in total. The minimum Gasteiger partial charge on any atom is -0.264 e. The summed E-state index contributed by atoms with van der Waals surface area (Å²) in [5.74, 6) is 1.20. The summed E-state index contributed by atoms with van der Waals surface area (Å²) in [4.78, 5) is 10.3. The highest BCUT2D eigenvalue weighted by atomic mass is 32.1. The highest BCUT2D eigenvalue weighted by molar-refractivity contribution is 7.25. The van der Waals surface area contributed by atoms with Crippen LogP contribution in [0.15, 0.2) is 67.1 Å². The Morgan fingerprint density at radius 3 is 2.84 bits per heavy atom. The molecule has 0 saturated heterocycles. The van der Waals surface area contributed by atoms with E-state index in [1.54, 1.807) is 11.3 Å². The number of pyridine rings is 2. The number of imidazole rings is 1. The standard InChI is InChI=1S/C20H13N4S/c1-2-5-14(6-3-1)24-19-15-11-21-10-8-13(15)12-23(19)18-17-16(25-20(18)24)7-4-9-22-17/h1-11H,12H2/q+1. The predicted molar refractivity (Wildman–Crippen MR) is 99.0 cm³/mol. The van der Waals surface area contributed by atoms with Crippen LogP contribution in [0.5, 0.6) is 0 Å². The summed E-state index contributed by atoms with van der Waals surface area (Å²) in [5, 5.41) is 0. The van der Waals surface area contributed by atoms with Gasteiger partial charge in [-0.25, -0.2) is 4.57 Å². The Balaban J connectivity index is 1.83. The molecule has 118 valence electrons. The van der Waals surface area contributed by atoms with Crippen LogP contribution in [-0.4, -0.2) is 14.5 Å². The average molecular weight is 341 g/mol. The first-order valence-electron chi connectivity index (χ1n) is 8.22. The topological polar surface area (TPSA) is 34.6 Å². The van der Waals surface area contributed by atoms with Gasteiger partial charge in [-0.2, -0.15) is 4.57 Å². The number of rotatable bonds is 1. The van der Waals surface area contributed by atoms with Crippen molar-refractivity contribution in [3.05, 3.63) is 72.7 Å². The van der Waals surface area contributed by atoms with E-state index in [-0.39, 0.29) is 0 Å². The lowest BCUT2D eigenvalue weighted by molar-refractivity contribution is -0.645. The number of hydrogen-bond acceptors (Lipinski definition) is 3. The molecule has 4 aromatic heterocycles. The van der Waals surface area contributed by atoms with Crippen LogP contribution in [0.1, 0.15) is 5.56 Å². The molecule has 0 atom stereocenters. The van der Waals surface area contributed by atoms with Crippen LogP contribution < -0.4 is 4.57 Å². The Bertz CT molecular complexity index is 1270. The molecule has 0 spiro atoms. The zero-order valence-corrected chi connectivity index (χ0v) is 14.1. The second-order valence-electron chi connectivity index (χ2n) is 6.22. The fraction of sp³-hybridized carbons (Fsp3) is 0.0500. The Labute approximate surface area is 147 Å². The number of benzene rings is 1. The fourth-order valence-corrected chi connectivity index (χ4v) is 4.98. The Kier molecular flexibility index (Phi) is 2.51. The number of nitrogens with zero attached hydrogens (tertiary/aromatic N) is 4. The van der Waals surface area contributed by atoms with Gasteiger partial charge in [0.25, 0.3) is 5.82 Å². The van der Waals surface area contributed by atoms with E-state index in [1.807, 2.05) is 24.7 Å². The maximum atomic E-state index is 4.68. The van der Waals surface area contributed by atoms with Crippen molar-refractivity contribution in [3.8, 4) is 17.1 Å². The van der Waals surface area contributed by atoms with E-state index in [4.69, 9.17) is 0 Å². The monoisotopic (exact) mass is 341 g/mol. The molecule has 0 unspecified atom stereocenters. The summed E-state index contributed by atoms with van der Waals surface area (Å²) < 4.78 is 5.97. The maximum absolute atomic E-state index is 4.68. The van der Waals surface area contributed by atoms with E-state index < -0.39 is 0 Å². The molecule has 0 fully saturated rings. The first-order valence-corrected chi connectivity index (χ1v) is 9.04. The van der Waals surface area contributed by atoms with E-state index >= 15 is 0 Å². The summed E-state index contributed by atoms with van der Waals surface area (Å²) in [7, 11) is 0. The first kappa shape index (κ1) is 13.3. The Morgan fingerprint density at radius 1 is 1.00 bits per heavy atom. The van der Waals surface area contributed by atoms with Crippen LogP contribution in [0.2, 0.25) is 0 Å². The maximum Gasteiger partial charge on any atom is 0.298 e. The Hall–Kier alpha value is -3.05. The summed E-state index contributed by atoms with van der Waals surface area (Å²) in [5.41, 5.74) is 5.99. The van der Waals surface area contributed by atoms with Gasteiger partial charge in [0.15, 0.2) is 0 Å². The predicted octanol–water partition coefficient (Wildman–Crippen LogP) is 3.95. The quantitative estimate of drug-likeness (QED) is 0.424. The van der Waals surface area contributed by atoms with Crippen LogP contribution in [0.3, 0.4) is 0 Å². The van der Waals surface area contributed by atoms with Gasteiger partial charge in [-0.15, -0.1) is 0 Å². The van der Waals surface area contributed by atoms with Crippen molar-refractivity contribution in [2.75, 3.05) is 0 Å². The molecule has 0 aliphatic carbocycles. The lowest BCUT2D eigenvalue weighted by atomic mass is 10.2. The SMILES string of the molecule is c1ccc(-n2c3[n+](c4c5ncccc5sc42)Cc2ccncc2-3)cc1. The minimum atomic E-state index is 0.867. The van der Waals surface area contributed by atoms with E-state index in [0.717, 1.165) is 12.1 Å². The van der Waals surface area contributed by atoms with Gasteiger partial charge in [-0.05, 0) is 30.3 Å². The summed E-state index contributed by atoms with van der Waals surface area (Å²) >= 11 is 1.80. The lowest BCUT2D eigenvalue weighted by Gasteiger charge is -2.00. The van der Waals surface area contributed by atoms with Gasteiger partial charge in [-0.1, -0.05) is 29.5 Å². The highest BCUT2D eigenvalue weighted by Crippen LogP contribution is 2.39. The molecule has 0 saturated carbocycles. The van der Waals surface area contributed by atoms with E-state index in [1.165, 1.54) is 37.7 Å². The number of thiophene rings is 1. The summed E-state index contributed by atoms with van der Waals surface area (Å²) in [6, 6.07) is 16.8. The smallest absolute Gasteiger partial charge is 0.264 e. The number of fused-ring (bicyclic) bond motifs is 7. The van der Waals surface area contributed by atoms with Crippen molar-refractivity contribution in [2.45, 2.75) is 6.54 Å². The molecule has 5 heteroatoms. The van der Waals surface area contributed by atoms with Crippen molar-refractivity contribution < 1.29 is 4.57 Å². The van der Waals surface area contributed by atoms with Crippen molar-refractivity contribution >= 4 is 31.9 Å². The summed E-state index contributed by atoms with van der Waals surface area (Å²) in [6.45, 7) is 0.867. The molecule has 0 radical (unpaired) electrons. The molecule has 0 amide bonds. The van der Waals surface area contributed by atoms with Gasteiger partial charge in [0.2, 0.25) is 10.3 Å². The van der Waals surface area contributed by atoms with Gasteiger partial charge in [0.1, 0.15) is 17.7 Å². The molecular weight excluding hydrogens is 328 g/mol. The van der Waals surface area contributed by atoms with Gasteiger partial charge in [-0.3, -0.25) is 9.97 Å². The molecule has 0 bridgehead atoms. The zero-order valence-electron chi connectivity index (χ0n) is 13.3. The largest absolute Gasteiger partial charge is 0.298 e. The molecule has 5 heterocycles. The van der Waals surface area contributed by atoms with Gasteiger partial charge >= 0.3 is 0 Å². The van der Waals surface area contributed by atoms with Crippen molar-refractivity contribution in [3.63, 3.8) is 0 Å². The first-order chi connectivity index (χ1) is 12.4. The molecule has 5 aromatic rings. The number of hydrogen-bond donors (Lipinski definition) is 0. The van der Waals surface area contributed by atoms with Crippen LogP contribution >= 0.6 is 11.3 Å².